The number of carbonyl (C=O) groups is 4. The molecule has 1 aliphatic heterocycles. The Bertz CT molecular complexity index is 837. The first-order chi connectivity index (χ1) is 14.3. The first kappa shape index (κ1) is 22.0. The second-order valence-corrected chi connectivity index (χ2v) is 8.54. The van der Waals surface area contributed by atoms with Crippen molar-refractivity contribution in [3.8, 4) is 0 Å². The number of ketones is 1. The van der Waals surface area contributed by atoms with E-state index in [0.29, 0.717) is 29.6 Å². The molecule has 162 valence electrons. The zero-order valence-electron chi connectivity index (χ0n) is 17.8. The van der Waals surface area contributed by atoms with Gasteiger partial charge in [-0.1, -0.05) is 38.8 Å². The summed E-state index contributed by atoms with van der Waals surface area (Å²) in [6.07, 6.45) is 3.37. The van der Waals surface area contributed by atoms with E-state index in [0.717, 1.165) is 12.8 Å². The Balaban J connectivity index is 1.52. The van der Waals surface area contributed by atoms with Gasteiger partial charge < -0.3 is 15.0 Å². The zero-order chi connectivity index (χ0) is 21.8. The molecule has 2 amide bonds. The summed E-state index contributed by atoms with van der Waals surface area (Å²) in [5.74, 6) is -0.806. The number of para-hydroxylation sites is 1. The average molecular weight is 415 g/mol. The van der Waals surface area contributed by atoms with Gasteiger partial charge >= 0.3 is 5.97 Å². The van der Waals surface area contributed by atoms with Crippen molar-refractivity contribution >= 4 is 29.3 Å². The van der Waals surface area contributed by atoms with Gasteiger partial charge in [-0.15, -0.1) is 0 Å². The first-order valence-corrected chi connectivity index (χ1v) is 10.6. The van der Waals surface area contributed by atoms with E-state index in [-0.39, 0.29) is 24.2 Å². The van der Waals surface area contributed by atoms with E-state index in [2.05, 4.69) is 19.2 Å². The number of amides is 2. The number of nitrogens with one attached hydrogen (secondary N) is 1. The van der Waals surface area contributed by atoms with Crippen LogP contribution in [-0.2, 0) is 19.1 Å². The number of rotatable bonds is 6. The number of hydrogen-bond donors (Lipinski definition) is 1. The summed E-state index contributed by atoms with van der Waals surface area (Å²) in [6, 6.07) is 6.83. The number of esters is 1. The van der Waals surface area contributed by atoms with Crippen LogP contribution < -0.4 is 5.32 Å². The Kier molecular flexibility index (Phi) is 6.90. The van der Waals surface area contributed by atoms with Gasteiger partial charge in [-0.25, -0.2) is 0 Å². The lowest BCUT2D eigenvalue weighted by Crippen LogP contribution is -2.45. The summed E-state index contributed by atoms with van der Waals surface area (Å²) in [5.41, 5.74) is 0.777. The number of hydrogen-bond acceptors (Lipinski definition) is 5. The monoisotopic (exact) mass is 414 g/mol. The van der Waals surface area contributed by atoms with E-state index in [9.17, 15) is 19.2 Å². The second kappa shape index (κ2) is 9.41. The predicted octanol–water partition coefficient (Wildman–Crippen LogP) is 3.04. The second-order valence-electron chi connectivity index (χ2n) is 8.54. The van der Waals surface area contributed by atoms with Crippen molar-refractivity contribution in [3.63, 3.8) is 0 Å². The number of ether oxygens (including phenoxy) is 1. The summed E-state index contributed by atoms with van der Waals surface area (Å²) >= 11 is 0. The molecule has 0 radical (unpaired) electrons. The minimum atomic E-state index is -0.542. The number of Topliss-reactive ketones (excluding diaryl/α,β-unsaturated/α-hetero) is 1. The fourth-order valence-corrected chi connectivity index (χ4v) is 4.54. The first-order valence-electron chi connectivity index (χ1n) is 10.6. The van der Waals surface area contributed by atoms with Crippen LogP contribution in [0.25, 0.3) is 0 Å². The molecule has 2 fully saturated rings. The van der Waals surface area contributed by atoms with Crippen LogP contribution in [0.1, 0.15) is 56.8 Å². The molecular weight excluding hydrogens is 384 g/mol. The van der Waals surface area contributed by atoms with Crippen LogP contribution in [0.15, 0.2) is 24.3 Å². The molecule has 0 spiro atoms. The maximum atomic E-state index is 12.5. The minimum absolute atomic E-state index is 0.0114. The van der Waals surface area contributed by atoms with E-state index >= 15 is 0 Å². The van der Waals surface area contributed by atoms with Crippen molar-refractivity contribution in [2.45, 2.75) is 52.5 Å². The lowest BCUT2D eigenvalue weighted by molar-refractivity contribution is -0.151. The molecule has 0 bridgehead atoms. The quantitative estimate of drug-likeness (QED) is 0.570. The molecule has 1 saturated carbocycles. The van der Waals surface area contributed by atoms with E-state index in [1.165, 1.54) is 13.3 Å². The molecule has 1 aromatic rings. The van der Waals surface area contributed by atoms with Crippen LogP contribution >= 0.6 is 0 Å². The highest BCUT2D eigenvalue weighted by atomic mass is 16.5. The van der Waals surface area contributed by atoms with Crippen molar-refractivity contribution in [3.05, 3.63) is 29.8 Å². The molecule has 7 heteroatoms. The van der Waals surface area contributed by atoms with E-state index in [1.807, 2.05) is 4.90 Å². The lowest BCUT2D eigenvalue weighted by Gasteiger charge is -2.39. The zero-order valence-corrected chi connectivity index (χ0v) is 17.8. The van der Waals surface area contributed by atoms with E-state index in [4.69, 9.17) is 4.74 Å². The van der Waals surface area contributed by atoms with Crippen molar-refractivity contribution in [2.75, 3.05) is 18.5 Å². The fraction of sp³-hybridized carbons (Fsp3) is 0.565. The third-order valence-corrected chi connectivity index (χ3v) is 6.48. The Morgan fingerprint density at radius 1 is 1.17 bits per heavy atom. The van der Waals surface area contributed by atoms with Crippen molar-refractivity contribution in [1.29, 1.82) is 0 Å². The predicted molar refractivity (Wildman–Crippen MR) is 112 cm³/mol. The molecule has 7 nitrogen and oxygen atoms in total. The standard InChI is InChI=1S/C23H30N2O5/c1-14-7-6-10-20(15(14)2)25-12-17(11-22(25)28)23(29)30-13-21(27)24-19-9-5-4-8-18(19)16(3)26/h4-5,8-9,14-15,17,20H,6-7,10-13H2,1-3H3,(H,24,27)/t14-,15+,17+,20+/m0/s1. The maximum absolute atomic E-state index is 12.5. The summed E-state index contributed by atoms with van der Waals surface area (Å²) in [4.78, 5) is 50.7. The molecule has 1 aliphatic carbocycles. The van der Waals surface area contributed by atoms with Crippen LogP contribution in [0, 0.1) is 17.8 Å². The SMILES string of the molecule is CC(=O)c1ccccc1NC(=O)COC(=O)[C@@H]1CC(=O)N([C@@H]2CCC[C@H](C)[C@H]2C)C1. The molecule has 1 heterocycles. The average Bonchev–Trinajstić information content (AvgIpc) is 3.10. The van der Waals surface area contributed by atoms with Crippen molar-refractivity contribution in [1.82, 2.24) is 4.90 Å². The summed E-state index contributed by atoms with van der Waals surface area (Å²) in [5, 5.41) is 2.60. The van der Waals surface area contributed by atoms with Crippen molar-refractivity contribution < 1.29 is 23.9 Å². The van der Waals surface area contributed by atoms with Crippen LogP contribution in [-0.4, -0.2) is 47.7 Å². The van der Waals surface area contributed by atoms with Crippen LogP contribution in [0.5, 0.6) is 0 Å². The van der Waals surface area contributed by atoms with Crippen LogP contribution in [0.4, 0.5) is 5.69 Å². The summed E-state index contributed by atoms with van der Waals surface area (Å²) in [7, 11) is 0. The highest BCUT2D eigenvalue weighted by Gasteiger charge is 2.42. The Labute approximate surface area is 177 Å². The van der Waals surface area contributed by atoms with E-state index < -0.39 is 24.4 Å². The molecule has 4 atom stereocenters. The lowest BCUT2D eigenvalue weighted by atomic mass is 9.77. The highest BCUT2D eigenvalue weighted by Crippen LogP contribution is 2.35. The van der Waals surface area contributed by atoms with E-state index in [1.54, 1.807) is 24.3 Å². The Morgan fingerprint density at radius 3 is 2.63 bits per heavy atom. The highest BCUT2D eigenvalue weighted by molar-refractivity contribution is 6.04. The van der Waals surface area contributed by atoms with Crippen LogP contribution in [0.3, 0.4) is 0 Å². The summed E-state index contributed by atoms with van der Waals surface area (Å²) < 4.78 is 5.18. The molecule has 30 heavy (non-hydrogen) atoms. The largest absolute Gasteiger partial charge is 0.455 e. The normalized spacial score (nSPS) is 26.4. The van der Waals surface area contributed by atoms with Crippen molar-refractivity contribution in [2.24, 2.45) is 17.8 Å². The van der Waals surface area contributed by atoms with Gasteiger partial charge in [0.15, 0.2) is 12.4 Å². The molecule has 3 rings (SSSR count). The maximum Gasteiger partial charge on any atom is 0.311 e. The third kappa shape index (κ3) is 4.89. The van der Waals surface area contributed by atoms with Gasteiger partial charge in [0.1, 0.15) is 0 Å². The van der Waals surface area contributed by atoms with Gasteiger partial charge in [-0.2, -0.15) is 0 Å². The number of nitrogens with zero attached hydrogens (tertiary/aromatic N) is 1. The summed E-state index contributed by atoms with van der Waals surface area (Å²) in [6.45, 7) is 5.71. The van der Waals surface area contributed by atoms with Gasteiger partial charge in [0.25, 0.3) is 5.91 Å². The van der Waals surface area contributed by atoms with Gasteiger partial charge in [0, 0.05) is 24.6 Å². The molecule has 0 unspecified atom stereocenters. The van der Waals surface area contributed by atoms with Crippen LogP contribution in [0.2, 0.25) is 0 Å². The van der Waals surface area contributed by atoms with Gasteiger partial charge in [0.2, 0.25) is 5.91 Å². The number of likely N-dealkylation sites (tertiary alicyclic amines) is 1. The molecule has 0 aromatic heterocycles. The number of benzene rings is 1. The third-order valence-electron chi connectivity index (χ3n) is 6.48. The molecule has 1 saturated heterocycles. The van der Waals surface area contributed by atoms with Gasteiger partial charge in [0.05, 0.1) is 11.6 Å². The van der Waals surface area contributed by atoms with Gasteiger partial charge in [-0.3, -0.25) is 19.2 Å². The smallest absolute Gasteiger partial charge is 0.311 e. The molecule has 2 aliphatic rings. The Morgan fingerprint density at radius 2 is 1.90 bits per heavy atom. The number of carbonyl (C=O) groups excluding carboxylic acids is 4. The Hall–Kier alpha value is -2.70. The number of anilines is 1. The fourth-order valence-electron chi connectivity index (χ4n) is 4.54. The van der Waals surface area contributed by atoms with Gasteiger partial charge in [-0.05, 0) is 37.3 Å². The topological polar surface area (TPSA) is 92.8 Å². The molecular formula is C23H30N2O5. The molecule has 1 aromatic carbocycles. The molecule has 1 N–H and O–H groups in total. The minimum Gasteiger partial charge on any atom is -0.455 e.